The van der Waals surface area contributed by atoms with Gasteiger partial charge in [0.05, 0.1) is 6.20 Å². The van der Waals surface area contributed by atoms with Crippen molar-refractivity contribution in [1.82, 2.24) is 15.2 Å². The smallest absolute Gasteiger partial charge is 0.249 e. The first kappa shape index (κ1) is 12.2. The zero-order chi connectivity index (χ0) is 13.0. The first-order valence-electron chi connectivity index (χ1n) is 5.62. The van der Waals surface area contributed by atoms with Gasteiger partial charge < -0.3 is 10.6 Å². The average Bonchev–Trinajstić information content (AvgIpc) is 2.28. The maximum Gasteiger partial charge on any atom is 0.249 e. The zero-order valence-corrected chi connectivity index (χ0v) is 10.2. The van der Waals surface area contributed by atoms with E-state index >= 15 is 0 Å². The van der Waals surface area contributed by atoms with Gasteiger partial charge >= 0.3 is 0 Å². The highest BCUT2D eigenvalue weighted by Crippen LogP contribution is 2.14. The maximum absolute atomic E-state index is 13.0. The Hall–Kier alpha value is -2.24. The Morgan fingerprint density at radius 3 is 2.83 bits per heavy atom. The first-order valence-corrected chi connectivity index (χ1v) is 5.62. The fraction of sp³-hybridized carbons (Fsp3) is 0.250. The molecule has 2 rings (SSSR count). The summed E-state index contributed by atoms with van der Waals surface area (Å²) in [5.74, 6) is 0.634. The molecule has 0 aliphatic heterocycles. The summed E-state index contributed by atoms with van der Waals surface area (Å²) < 4.78 is 13.0. The SMILES string of the molecule is CC(C)Nc1cnnc(Nc2cccc(F)c2)n1. The molecule has 0 saturated carbocycles. The van der Waals surface area contributed by atoms with Crippen LogP contribution in [0.2, 0.25) is 0 Å². The van der Waals surface area contributed by atoms with Crippen molar-refractivity contribution in [3.63, 3.8) is 0 Å². The van der Waals surface area contributed by atoms with Gasteiger partial charge in [-0.2, -0.15) is 10.1 Å². The van der Waals surface area contributed by atoms with E-state index in [1.54, 1.807) is 12.1 Å². The van der Waals surface area contributed by atoms with Crippen molar-refractivity contribution in [3.05, 3.63) is 36.3 Å². The van der Waals surface area contributed by atoms with Crippen molar-refractivity contribution in [1.29, 1.82) is 0 Å². The molecular weight excluding hydrogens is 233 g/mol. The molecule has 0 aliphatic rings. The fourth-order valence-electron chi connectivity index (χ4n) is 1.42. The number of hydrogen-bond acceptors (Lipinski definition) is 5. The van der Waals surface area contributed by atoms with Crippen LogP contribution in [0, 0.1) is 5.82 Å². The third-order valence-electron chi connectivity index (χ3n) is 2.08. The van der Waals surface area contributed by atoms with Crippen molar-refractivity contribution in [2.24, 2.45) is 0 Å². The Labute approximate surface area is 104 Å². The summed E-state index contributed by atoms with van der Waals surface area (Å²) in [6.45, 7) is 4.00. The van der Waals surface area contributed by atoms with E-state index in [9.17, 15) is 4.39 Å². The molecule has 0 amide bonds. The van der Waals surface area contributed by atoms with Crippen LogP contribution < -0.4 is 10.6 Å². The number of hydrogen-bond donors (Lipinski definition) is 2. The molecule has 0 saturated heterocycles. The Kier molecular flexibility index (Phi) is 3.66. The van der Waals surface area contributed by atoms with Crippen molar-refractivity contribution in [2.75, 3.05) is 10.6 Å². The van der Waals surface area contributed by atoms with Crippen LogP contribution in [0.3, 0.4) is 0 Å². The molecule has 2 aromatic rings. The van der Waals surface area contributed by atoms with Crippen LogP contribution in [0.1, 0.15) is 13.8 Å². The molecule has 0 aliphatic carbocycles. The second-order valence-electron chi connectivity index (χ2n) is 4.10. The van der Waals surface area contributed by atoms with Gasteiger partial charge in [0.1, 0.15) is 5.82 Å². The van der Waals surface area contributed by atoms with E-state index in [0.717, 1.165) is 0 Å². The normalized spacial score (nSPS) is 10.4. The van der Waals surface area contributed by atoms with E-state index in [-0.39, 0.29) is 11.9 Å². The first-order chi connectivity index (χ1) is 8.63. The van der Waals surface area contributed by atoms with E-state index < -0.39 is 0 Å². The minimum atomic E-state index is -0.315. The number of anilines is 3. The molecule has 18 heavy (non-hydrogen) atoms. The van der Waals surface area contributed by atoms with Crippen molar-refractivity contribution in [2.45, 2.75) is 19.9 Å². The Morgan fingerprint density at radius 2 is 2.11 bits per heavy atom. The van der Waals surface area contributed by atoms with Gasteiger partial charge in [0.25, 0.3) is 0 Å². The maximum atomic E-state index is 13.0. The van der Waals surface area contributed by atoms with Gasteiger partial charge in [0.2, 0.25) is 5.95 Å². The predicted molar refractivity (Wildman–Crippen MR) is 68.3 cm³/mol. The van der Waals surface area contributed by atoms with Crippen molar-refractivity contribution in [3.8, 4) is 0 Å². The van der Waals surface area contributed by atoms with E-state index in [2.05, 4.69) is 25.8 Å². The molecule has 0 atom stereocenters. The molecule has 2 N–H and O–H groups in total. The standard InChI is InChI=1S/C12H14FN5/c1-8(2)15-11-7-14-18-12(17-11)16-10-5-3-4-9(13)6-10/h3-8H,1-2H3,(H2,15,16,17,18). The molecule has 0 fully saturated rings. The van der Waals surface area contributed by atoms with Gasteiger partial charge in [-0.3, -0.25) is 0 Å². The Morgan fingerprint density at radius 1 is 1.28 bits per heavy atom. The summed E-state index contributed by atoms with van der Waals surface area (Å²) in [6, 6.07) is 6.34. The fourth-order valence-corrected chi connectivity index (χ4v) is 1.42. The largest absolute Gasteiger partial charge is 0.366 e. The van der Waals surface area contributed by atoms with Gasteiger partial charge in [0.15, 0.2) is 5.82 Å². The Balaban J connectivity index is 2.14. The molecule has 1 aromatic carbocycles. The Bertz CT molecular complexity index is 529. The quantitative estimate of drug-likeness (QED) is 0.869. The van der Waals surface area contributed by atoms with Crippen LogP contribution in [0.25, 0.3) is 0 Å². The second-order valence-corrected chi connectivity index (χ2v) is 4.10. The molecule has 5 nitrogen and oxygen atoms in total. The number of nitrogens with zero attached hydrogens (tertiary/aromatic N) is 3. The van der Waals surface area contributed by atoms with Gasteiger partial charge in [-0.1, -0.05) is 6.07 Å². The number of halogens is 1. The van der Waals surface area contributed by atoms with E-state index in [0.29, 0.717) is 17.5 Å². The minimum absolute atomic E-state index is 0.253. The highest BCUT2D eigenvalue weighted by molar-refractivity contribution is 5.53. The predicted octanol–water partition coefficient (Wildman–Crippen LogP) is 2.57. The molecule has 1 heterocycles. The summed E-state index contributed by atoms with van der Waals surface area (Å²) in [7, 11) is 0. The summed E-state index contributed by atoms with van der Waals surface area (Å²) >= 11 is 0. The van der Waals surface area contributed by atoms with Crippen LogP contribution in [0.5, 0.6) is 0 Å². The average molecular weight is 247 g/mol. The van der Waals surface area contributed by atoms with Crippen molar-refractivity contribution >= 4 is 17.5 Å². The third kappa shape index (κ3) is 3.38. The van der Waals surface area contributed by atoms with Crippen LogP contribution >= 0.6 is 0 Å². The monoisotopic (exact) mass is 247 g/mol. The highest BCUT2D eigenvalue weighted by atomic mass is 19.1. The molecule has 94 valence electrons. The second kappa shape index (κ2) is 5.39. The summed E-state index contributed by atoms with van der Waals surface area (Å²) in [6.07, 6.45) is 1.54. The summed E-state index contributed by atoms with van der Waals surface area (Å²) in [5.41, 5.74) is 0.582. The molecule has 6 heteroatoms. The van der Waals surface area contributed by atoms with Crippen LogP contribution in [0.15, 0.2) is 30.5 Å². The lowest BCUT2D eigenvalue weighted by Crippen LogP contribution is -2.12. The van der Waals surface area contributed by atoms with Gasteiger partial charge in [-0.15, -0.1) is 5.10 Å². The van der Waals surface area contributed by atoms with E-state index in [1.807, 2.05) is 13.8 Å². The lowest BCUT2D eigenvalue weighted by Gasteiger charge is -2.09. The number of rotatable bonds is 4. The number of nitrogens with one attached hydrogen (secondary N) is 2. The van der Waals surface area contributed by atoms with Crippen molar-refractivity contribution < 1.29 is 4.39 Å². The van der Waals surface area contributed by atoms with Crippen LogP contribution in [-0.4, -0.2) is 21.2 Å². The van der Waals surface area contributed by atoms with E-state index in [4.69, 9.17) is 0 Å². The lowest BCUT2D eigenvalue weighted by atomic mass is 10.3. The van der Waals surface area contributed by atoms with Gasteiger partial charge in [-0.05, 0) is 32.0 Å². The molecule has 0 spiro atoms. The number of aromatic nitrogens is 3. The third-order valence-corrected chi connectivity index (χ3v) is 2.08. The molecule has 0 bridgehead atoms. The molecule has 0 unspecified atom stereocenters. The lowest BCUT2D eigenvalue weighted by molar-refractivity contribution is 0.628. The number of benzene rings is 1. The van der Waals surface area contributed by atoms with Crippen LogP contribution in [-0.2, 0) is 0 Å². The van der Waals surface area contributed by atoms with Gasteiger partial charge in [0, 0.05) is 11.7 Å². The summed E-state index contributed by atoms with van der Waals surface area (Å²) in [5, 5.41) is 13.7. The zero-order valence-electron chi connectivity index (χ0n) is 10.2. The molecular formula is C12H14FN5. The molecule has 1 aromatic heterocycles. The van der Waals surface area contributed by atoms with Gasteiger partial charge in [-0.25, -0.2) is 4.39 Å². The highest BCUT2D eigenvalue weighted by Gasteiger charge is 2.02. The molecule has 0 radical (unpaired) electrons. The van der Waals surface area contributed by atoms with Crippen LogP contribution in [0.4, 0.5) is 21.8 Å². The van der Waals surface area contributed by atoms with E-state index in [1.165, 1.54) is 18.3 Å². The summed E-state index contributed by atoms with van der Waals surface area (Å²) in [4.78, 5) is 4.22. The topological polar surface area (TPSA) is 62.7 Å². The minimum Gasteiger partial charge on any atom is -0.366 e.